The Hall–Kier alpha value is -0.150. The summed E-state index contributed by atoms with van der Waals surface area (Å²) in [5.41, 5.74) is 5.09. The maximum Gasteiger partial charge on any atom is 0.0910 e. The number of hydrogen-bond donors (Lipinski definition) is 2. The van der Waals surface area contributed by atoms with Crippen molar-refractivity contribution in [3.63, 3.8) is 0 Å². The number of aliphatic hydroxyl groups is 1. The molecule has 0 aliphatic rings. The molecule has 0 saturated carbocycles. The van der Waals surface area contributed by atoms with E-state index in [1.165, 1.54) is 0 Å². The van der Waals surface area contributed by atoms with E-state index >= 15 is 0 Å². The molecule has 3 N–H and O–H groups in total. The van der Waals surface area contributed by atoms with E-state index in [1.807, 2.05) is 0 Å². The zero-order valence-electron chi connectivity index (χ0n) is 4.10. The molecule has 0 aromatic rings. The van der Waals surface area contributed by atoms with Crippen LogP contribution in [0.2, 0.25) is 0 Å². The highest BCUT2D eigenvalue weighted by Crippen LogP contribution is 1.84. The minimum atomic E-state index is -0.443. The fraction of sp³-hybridized carbons (Fsp3) is 1.00. The van der Waals surface area contributed by atoms with Crippen LogP contribution >= 0.6 is 0 Å². The largest absolute Gasteiger partial charge is 0.395 e. The second kappa shape index (κ2) is 4.02. The van der Waals surface area contributed by atoms with E-state index in [1.54, 1.807) is 0 Å². The Morgan fingerprint density at radius 1 is 1.71 bits per heavy atom. The quantitative estimate of drug-likeness (QED) is 0.518. The zero-order chi connectivity index (χ0) is 5.70. The molecule has 1 unspecified atom stereocenters. The summed E-state index contributed by atoms with van der Waals surface area (Å²) in [6.45, 7) is -0.564. The molecule has 0 saturated heterocycles. The average molecular weight is 107 g/mol. The molecule has 3 heteroatoms. The number of alkyl halides is 1. The van der Waals surface area contributed by atoms with Crippen molar-refractivity contribution in [3.8, 4) is 0 Å². The first-order chi connectivity index (χ1) is 3.31. The van der Waals surface area contributed by atoms with Crippen molar-refractivity contribution in [1.82, 2.24) is 0 Å². The average Bonchev–Trinajstić information content (AvgIpc) is 1.68. The summed E-state index contributed by atoms with van der Waals surface area (Å²) < 4.78 is 11.2. The highest BCUT2D eigenvalue weighted by Gasteiger charge is 1.95. The van der Waals surface area contributed by atoms with Gasteiger partial charge in [0.15, 0.2) is 0 Å². The van der Waals surface area contributed by atoms with Crippen LogP contribution in [0.4, 0.5) is 4.39 Å². The van der Waals surface area contributed by atoms with Crippen molar-refractivity contribution in [1.29, 1.82) is 0 Å². The third-order valence-electron chi connectivity index (χ3n) is 0.714. The van der Waals surface area contributed by atoms with Gasteiger partial charge in [-0.2, -0.15) is 0 Å². The van der Waals surface area contributed by atoms with Gasteiger partial charge in [-0.25, -0.2) is 0 Å². The van der Waals surface area contributed by atoms with Gasteiger partial charge in [0.2, 0.25) is 0 Å². The molecule has 2 nitrogen and oxygen atoms in total. The second-order valence-electron chi connectivity index (χ2n) is 1.42. The molecule has 0 aliphatic carbocycles. The molecule has 0 radical (unpaired) electrons. The smallest absolute Gasteiger partial charge is 0.0910 e. The Morgan fingerprint density at radius 2 is 2.29 bits per heavy atom. The normalized spacial score (nSPS) is 14.1. The van der Waals surface area contributed by atoms with Gasteiger partial charge in [-0.3, -0.25) is 4.39 Å². The Morgan fingerprint density at radius 3 is 2.43 bits per heavy atom. The van der Waals surface area contributed by atoms with E-state index in [9.17, 15) is 4.39 Å². The Kier molecular flexibility index (Phi) is 3.93. The lowest BCUT2D eigenvalue weighted by Crippen LogP contribution is -2.24. The molecule has 7 heavy (non-hydrogen) atoms. The molecule has 0 fully saturated rings. The van der Waals surface area contributed by atoms with Crippen molar-refractivity contribution in [3.05, 3.63) is 0 Å². The van der Waals surface area contributed by atoms with Crippen molar-refractivity contribution >= 4 is 0 Å². The topological polar surface area (TPSA) is 46.2 Å². The zero-order valence-corrected chi connectivity index (χ0v) is 4.10. The number of halogens is 1. The second-order valence-corrected chi connectivity index (χ2v) is 1.42. The van der Waals surface area contributed by atoms with E-state index in [4.69, 9.17) is 10.8 Å². The van der Waals surface area contributed by atoms with E-state index < -0.39 is 6.67 Å². The predicted molar refractivity (Wildman–Crippen MR) is 25.7 cm³/mol. The van der Waals surface area contributed by atoms with Crippen molar-refractivity contribution in [2.75, 3.05) is 13.3 Å². The molecule has 0 bridgehead atoms. The molecule has 0 aliphatic heterocycles. The molecule has 1 atom stereocenters. The number of hydrogen-bond acceptors (Lipinski definition) is 2. The lowest BCUT2D eigenvalue weighted by molar-refractivity contribution is 0.251. The van der Waals surface area contributed by atoms with Gasteiger partial charge in [0.05, 0.1) is 13.3 Å². The van der Waals surface area contributed by atoms with Crippen LogP contribution in [0.5, 0.6) is 0 Å². The van der Waals surface area contributed by atoms with Gasteiger partial charge < -0.3 is 10.8 Å². The Bertz CT molecular complexity index is 42.7. The third kappa shape index (κ3) is 3.69. The fourth-order valence-corrected chi connectivity index (χ4v) is 0.231. The summed E-state index contributed by atoms with van der Waals surface area (Å²) >= 11 is 0. The molecular formula is C4H10FNO. The van der Waals surface area contributed by atoms with Crippen LogP contribution in [-0.2, 0) is 0 Å². The predicted octanol–water partition coefficient (Wildman–Crippen LogP) is -0.334. The van der Waals surface area contributed by atoms with Crippen LogP contribution in [0.3, 0.4) is 0 Å². The summed E-state index contributed by atoms with van der Waals surface area (Å²) in [6.07, 6.45) is 0.260. The summed E-state index contributed by atoms with van der Waals surface area (Å²) in [6, 6.07) is -0.370. The molecule has 0 amide bonds. The van der Waals surface area contributed by atoms with Crippen molar-refractivity contribution in [2.24, 2.45) is 5.73 Å². The van der Waals surface area contributed by atoms with E-state index in [-0.39, 0.29) is 19.1 Å². The Labute approximate surface area is 42.1 Å². The van der Waals surface area contributed by atoms with E-state index in [0.29, 0.717) is 0 Å². The fourth-order valence-electron chi connectivity index (χ4n) is 0.231. The third-order valence-corrected chi connectivity index (χ3v) is 0.714. The maximum absolute atomic E-state index is 11.2. The molecule has 44 valence electrons. The number of aliphatic hydroxyl groups excluding tert-OH is 1. The monoisotopic (exact) mass is 107 g/mol. The Balaban J connectivity index is 2.83. The molecular weight excluding hydrogens is 97.0 g/mol. The van der Waals surface area contributed by atoms with Crippen LogP contribution in [0, 0.1) is 0 Å². The van der Waals surface area contributed by atoms with Crippen LogP contribution in [0.25, 0.3) is 0 Å². The van der Waals surface area contributed by atoms with Gasteiger partial charge in [0.1, 0.15) is 0 Å². The minimum Gasteiger partial charge on any atom is -0.395 e. The molecule has 0 heterocycles. The van der Waals surface area contributed by atoms with Gasteiger partial charge >= 0.3 is 0 Å². The summed E-state index contributed by atoms with van der Waals surface area (Å²) in [4.78, 5) is 0. The highest BCUT2D eigenvalue weighted by atomic mass is 19.1. The van der Waals surface area contributed by atoms with Gasteiger partial charge in [0, 0.05) is 6.04 Å². The van der Waals surface area contributed by atoms with E-state index in [2.05, 4.69) is 0 Å². The molecule has 0 aromatic carbocycles. The minimum absolute atomic E-state index is 0.121. The summed E-state index contributed by atoms with van der Waals surface area (Å²) in [7, 11) is 0. The molecule has 0 rings (SSSR count). The van der Waals surface area contributed by atoms with Crippen molar-refractivity contribution < 1.29 is 9.50 Å². The summed E-state index contributed by atoms with van der Waals surface area (Å²) in [5, 5.41) is 8.17. The molecule has 0 spiro atoms. The number of rotatable bonds is 3. The van der Waals surface area contributed by atoms with Gasteiger partial charge in [-0.15, -0.1) is 0 Å². The van der Waals surface area contributed by atoms with Gasteiger partial charge in [-0.05, 0) is 6.42 Å². The first kappa shape index (κ1) is 6.85. The van der Waals surface area contributed by atoms with Gasteiger partial charge in [0.25, 0.3) is 0 Å². The molecule has 0 aromatic heterocycles. The lowest BCUT2D eigenvalue weighted by Gasteiger charge is -2.00. The van der Waals surface area contributed by atoms with Crippen LogP contribution < -0.4 is 5.73 Å². The van der Waals surface area contributed by atoms with Gasteiger partial charge in [-0.1, -0.05) is 0 Å². The lowest BCUT2D eigenvalue weighted by atomic mass is 10.3. The first-order valence-corrected chi connectivity index (χ1v) is 2.23. The van der Waals surface area contributed by atoms with E-state index in [0.717, 1.165) is 0 Å². The SMILES string of the molecule is NC(CO)CCF. The maximum atomic E-state index is 11.2. The van der Waals surface area contributed by atoms with Crippen LogP contribution in [0.1, 0.15) is 6.42 Å². The van der Waals surface area contributed by atoms with Crippen molar-refractivity contribution in [2.45, 2.75) is 12.5 Å². The van der Waals surface area contributed by atoms with Crippen LogP contribution in [0.15, 0.2) is 0 Å². The number of nitrogens with two attached hydrogens (primary N) is 1. The van der Waals surface area contributed by atoms with Crippen LogP contribution in [-0.4, -0.2) is 24.4 Å². The first-order valence-electron chi connectivity index (χ1n) is 2.23. The standard InChI is InChI=1S/C4H10FNO/c5-2-1-4(6)3-7/h4,7H,1-3,6H2. The summed E-state index contributed by atoms with van der Waals surface area (Å²) in [5.74, 6) is 0. The highest BCUT2D eigenvalue weighted by molar-refractivity contribution is 4.55.